The predicted octanol–water partition coefficient (Wildman–Crippen LogP) is 3.49. The molecule has 6 nitrogen and oxygen atoms in total. The van der Waals surface area contributed by atoms with Crippen LogP contribution in [-0.2, 0) is 14.3 Å². The summed E-state index contributed by atoms with van der Waals surface area (Å²) in [7, 11) is 1.35. The van der Waals surface area contributed by atoms with Crippen LogP contribution in [0.1, 0.15) is 23.8 Å². The highest BCUT2D eigenvalue weighted by atomic mass is 79.9. The molecule has 0 aliphatic heterocycles. The van der Waals surface area contributed by atoms with Gasteiger partial charge in [0.2, 0.25) is 0 Å². The van der Waals surface area contributed by atoms with Crippen molar-refractivity contribution in [2.24, 2.45) is 0 Å². The van der Waals surface area contributed by atoms with Crippen LogP contribution in [0.3, 0.4) is 0 Å². The number of carbonyl (C=O) groups excluding carboxylic acids is 1. The number of esters is 1. The molecule has 2 aromatic rings. The highest BCUT2D eigenvalue weighted by Crippen LogP contribution is 2.22. The van der Waals surface area contributed by atoms with E-state index in [9.17, 15) is 4.79 Å². The second-order valence-electron chi connectivity index (χ2n) is 5.15. The Labute approximate surface area is 149 Å². The zero-order valence-electron chi connectivity index (χ0n) is 13.7. The monoisotopic (exact) mass is 397 g/mol. The van der Waals surface area contributed by atoms with Gasteiger partial charge < -0.3 is 18.7 Å². The molecule has 0 saturated carbocycles. The fourth-order valence-electron chi connectivity index (χ4n) is 2.12. The molecule has 1 heterocycles. The summed E-state index contributed by atoms with van der Waals surface area (Å²) in [6.45, 7) is 3.06. The fraction of sp³-hybridized carbons (Fsp3) is 0.412. The summed E-state index contributed by atoms with van der Waals surface area (Å²) in [5.41, 5.74) is 0.725. The summed E-state index contributed by atoms with van der Waals surface area (Å²) >= 11 is 3.37. The predicted molar refractivity (Wildman–Crippen MR) is 91.1 cm³/mol. The van der Waals surface area contributed by atoms with Gasteiger partial charge in [-0.2, -0.15) is 0 Å². The Bertz CT molecular complexity index is 641. The smallest absolute Gasteiger partial charge is 0.316 e. The Kier molecular flexibility index (Phi) is 7.27. The molecule has 1 atom stereocenters. The quantitative estimate of drug-likeness (QED) is 0.476. The fourth-order valence-corrected chi connectivity index (χ4v) is 2.38. The van der Waals surface area contributed by atoms with Gasteiger partial charge in [-0.25, -0.2) is 0 Å². The van der Waals surface area contributed by atoms with Gasteiger partial charge in [0, 0.05) is 17.1 Å². The van der Waals surface area contributed by atoms with E-state index in [4.69, 9.17) is 18.7 Å². The highest BCUT2D eigenvalue weighted by Gasteiger charge is 2.25. The SMILES string of the molecule is COC(=O)C(CCOCCOc1ccc(Br)cc1)c1cc(C)no1. The number of hydrogen-bond donors (Lipinski definition) is 0. The van der Waals surface area contributed by atoms with Crippen molar-refractivity contribution in [3.63, 3.8) is 0 Å². The molecule has 0 aliphatic carbocycles. The number of aryl methyl sites for hydroxylation is 1. The number of nitrogens with zero attached hydrogens (tertiary/aromatic N) is 1. The molecule has 7 heteroatoms. The normalized spacial score (nSPS) is 12.0. The number of methoxy groups -OCH3 is 1. The third-order valence-corrected chi connectivity index (χ3v) is 3.86. The molecule has 0 bridgehead atoms. The molecule has 1 unspecified atom stereocenters. The van der Waals surface area contributed by atoms with Crippen LogP contribution in [0.25, 0.3) is 0 Å². The Hall–Kier alpha value is -1.86. The van der Waals surface area contributed by atoms with Crippen LogP contribution in [0.5, 0.6) is 5.75 Å². The summed E-state index contributed by atoms with van der Waals surface area (Å²) in [4.78, 5) is 11.9. The second-order valence-corrected chi connectivity index (χ2v) is 6.07. The first kappa shape index (κ1) is 18.5. The van der Waals surface area contributed by atoms with Crippen LogP contribution in [-0.4, -0.2) is 38.1 Å². The molecule has 2 rings (SSSR count). The molecule has 1 aromatic carbocycles. The summed E-state index contributed by atoms with van der Waals surface area (Å²) < 4.78 is 22.1. The summed E-state index contributed by atoms with van der Waals surface area (Å²) in [6, 6.07) is 9.32. The van der Waals surface area contributed by atoms with Gasteiger partial charge in [0.05, 0.1) is 19.4 Å². The Morgan fingerprint density at radius 3 is 2.62 bits per heavy atom. The Balaban J connectivity index is 1.71. The van der Waals surface area contributed by atoms with Gasteiger partial charge in [0.1, 0.15) is 18.3 Å². The van der Waals surface area contributed by atoms with Gasteiger partial charge in [-0.1, -0.05) is 21.1 Å². The van der Waals surface area contributed by atoms with E-state index in [0.29, 0.717) is 32.0 Å². The van der Waals surface area contributed by atoms with E-state index < -0.39 is 5.92 Å². The van der Waals surface area contributed by atoms with Crippen molar-refractivity contribution in [2.75, 3.05) is 26.9 Å². The van der Waals surface area contributed by atoms with E-state index >= 15 is 0 Å². The number of rotatable bonds is 9. The Morgan fingerprint density at radius 2 is 2.00 bits per heavy atom. The number of benzene rings is 1. The average Bonchev–Trinajstić information content (AvgIpc) is 3.01. The number of ether oxygens (including phenoxy) is 3. The minimum atomic E-state index is -0.511. The maximum absolute atomic E-state index is 11.9. The average molecular weight is 398 g/mol. The van der Waals surface area contributed by atoms with E-state index in [1.165, 1.54) is 7.11 Å². The van der Waals surface area contributed by atoms with Gasteiger partial charge in [0.25, 0.3) is 0 Å². The molecule has 0 amide bonds. The number of halogens is 1. The lowest BCUT2D eigenvalue weighted by atomic mass is 10.0. The molecule has 0 spiro atoms. The van der Waals surface area contributed by atoms with Gasteiger partial charge in [-0.05, 0) is 37.6 Å². The largest absolute Gasteiger partial charge is 0.491 e. The topological polar surface area (TPSA) is 70.8 Å². The van der Waals surface area contributed by atoms with Crippen LogP contribution in [0, 0.1) is 6.92 Å². The molecular formula is C17H20BrNO5. The molecule has 0 aliphatic rings. The molecule has 0 N–H and O–H groups in total. The van der Waals surface area contributed by atoms with E-state index in [1.54, 1.807) is 13.0 Å². The number of aromatic nitrogens is 1. The summed E-state index contributed by atoms with van der Waals surface area (Å²) in [5, 5.41) is 3.80. The number of carbonyl (C=O) groups is 1. The zero-order valence-corrected chi connectivity index (χ0v) is 15.2. The lowest BCUT2D eigenvalue weighted by Crippen LogP contribution is -2.17. The minimum Gasteiger partial charge on any atom is -0.491 e. The molecule has 0 saturated heterocycles. The van der Waals surface area contributed by atoms with Crippen LogP contribution in [0.4, 0.5) is 0 Å². The van der Waals surface area contributed by atoms with Crippen molar-refractivity contribution in [1.82, 2.24) is 5.16 Å². The van der Waals surface area contributed by atoms with Crippen molar-refractivity contribution < 1.29 is 23.5 Å². The third kappa shape index (κ3) is 5.65. The van der Waals surface area contributed by atoms with Gasteiger partial charge in [-0.3, -0.25) is 4.79 Å². The van der Waals surface area contributed by atoms with E-state index in [-0.39, 0.29) is 5.97 Å². The van der Waals surface area contributed by atoms with Crippen molar-refractivity contribution in [2.45, 2.75) is 19.3 Å². The van der Waals surface area contributed by atoms with E-state index in [2.05, 4.69) is 21.1 Å². The zero-order chi connectivity index (χ0) is 17.4. The van der Waals surface area contributed by atoms with E-state index in [1.807, 2.05) is 24.3 Å². The van der Waals surface area contributed by atoms with Crippen LogP contribution < -0.4 is 4.74 Å². The highest BCUT2D eigenvalue weighted by molar-refractivity contribution is 9.10. The first-order chi connectivity index (χ1) is 11.6. The lowest BCUT2D eigenvalue weighted by molar-refractivity contribution is -0.143. The van der Waals surface area contributed by atoms with Crippen molar-refractivity contribution in [3.05, 3.63) is 46.3 Å². The van der Waals surface area contributed by atoms with E-state index in [0.717, 1.165) is 15.9 Å². The molecule has 0 fully saturated rings. The number of hydrogen-bond acceptors (Lipinski definition) is 6. The second kappa shape index (κ2) is 9.44. The van der Waals surface area contributed by atoms with Crippen LogP contribution in [0.15, 0.2) is 39.3 Å². The Morgan fingerprint density at radius 1 is 1.25 bits per heavy atom. The molecule has 24 heavy (non-hydrogen) atoms. The van der Waals surface area contributed by atoms with Crippen LogP contribution in [0.2, 0.25) is 0 Å². The van der Waals surface area contributed by atoms with Gasteiger partial charge >= 0.3 is 5.97 Å². The van der Waals surface area contributed by atoms with Gasteiger partial charge in [-0.15, -0.1) is 0 Å². The third-order valence-electron chi connectivity index (χ3n) is 3.34. The molecule has 1 aromatic heterocycles. The molecular weight excluding hydrogens is 378 g/mol. The molecule has 0 radical (unpaired) electrons. The van der Waals surface area contributed by atoms with Crippen molar-refractivity contribution in [1.29, 1.82) is 0 Å². The first-order valence-electron chi connectivity index (χ1n) is 7.57. The minimum absolute atomic E-state index is 0.360. The standard InChI is InChI=1S/C17H20BrNO5/c1-12-11-16(24-19-12)15(17(20)21-2)7-8-22-9-10-23-14-5-3-13(18)4-6-14/h3-6,11,15H,7-10H2,1-2H3. The first-order valence-corrected chi connectivity index (χ1v) is 8.36. The van der Waals surface area contributed by atoms with Crippen molar-refractivity contribution in [3.8, 4) is 5.75 Å². The van der Waals surface area contributed by atoms with Crippen molar-refractivity contribution >= 4 is 21.9 Å². The van der Waals surface area contributed by atoms with Crippen LogP contribution >= 0.6 is 15.9 Å². The maximum atomic E-state index is 11.9. The lowest BCUT2D eigenvalue weighted by Gasteiger charge is -2.12. The summed E-state index contributed by atoms with van der Waals surface area (Å²) in [5.74, 6) is 0.407. The van der Waals surface area contributed by atoms with Gasteiger partial charge in [0.15, 0.2) is 5.76 Å². The molecule has 130 valence electrons. The maximum Gasteiger partial charge on any atom is 0.316 e. The summed E-state index contributed by atoms with van der Waals surface area (Å²) in [6.07, 6.45) is 0.458.